The van der Waals surface area contributed by atoms with E-state index in [4.69, 9.17) is 0 Å². The van der Waals surface area contributed by atoms with E-state index in [1.54, 1.807) is 0 Å². The highest BCUT2D eigenvalue weighted by atomic mass is 19.1. The lowest BCUT2D eigenvalue weighted by atomic mass is 9.95. The Labute approximate surface area is 119 Å². The molecular formula is C18H18FN. The van der Waals surface area contributed by atoms with Crippen LogP contribution in [0.15, 0.2) is 54.1 Å². The van der Waals surface area contributed by atoms with E-state index in [0.29, 0.717) is 0 Å². The Morgan fingerprint density at radius 1 is 0.900 bits per heavy atom. The molecule has 0 unspecified atom stereocenters. The van der Waals surface area contributed by atoms with E-state index in [0.717, 1.165) is 31.5 Å². The van der Waals surface area contributed by atoms with Crippen molar-refractivity contribution in [2.45, 2.75) is 12.8 Å². The molecule has 102 valence electrons. The monoisotopic (exact) mass is 267 g/mol. The van der Waals surface area contributed by atoms with Crippen LogP contribution < -0.4 is 5.32 Å². The fourth-order valence-electron chi connectivity index (χ4n) is 2.63. The Morgan fingerprint density at radius 3 is 2.35 bits per heavy atom. The minimum atomic E-state index is -0.192. The van der Waals surface area contributed by atoms with E-state index < -0.39 is 0 Å². The maximum Gasteiger partial charge on any atom is 0.123 e. The van der Waals surface area contributed by atoms with Crippen molar-refractivity contribution < 1.29 is 4.39 Å². The highest BCUT2D eigenvalue weighted by Gasteiger charge is 2.07. The minimum absolute atomic E-state index is 0.192. The average Bonchev–Trinajstić information content (AvgIpc) is 2.50. The van der Waals surface area contributed by atoms with Crippen LogP contribution in [0.5, 0.6) is 0 Å². The Bertz CT molecular complexity index is 606. The molecule has 0 spiro atoms. The fraction of sp³-hybridized carbons (Fsp3) is 0.222. The molecule has 1 aliphatic heterocycles. The van der Waals surface area contributed by atoms with Gasteiger partial charge in [0.05, 0.1) is 0 Å². The SMILES string of the molecule is Fc1ccc(-c2ccccc2C=C2CCNCC2)cc1. The van der Waals surface area contributed by atoms with Crippen molar-refractivity contribution >= 4 is 6.08 Å². The summed E-state index contributed by atoms with van der Waals surface area (Å²) < 4.78 is 13.1. The third-order valence-corrected chi connectivity index (χ3v) is 3.72. The van der Waals surface area contributed by atoms with Gasteiger partial charge in [0, 0.05) is 0 Å². The summed E-state index contributed by atoms with van der Waals surface area (Å²) in [5, 5.41) is 3.37. The van der Waals surface area contributed by atoms with Crippen molar-refractivity contribution in [3.05, 3.63) is 65.5 Å². The Kier molecular flexibility index (Phi) is 3.93. The zero-order valence-corrected chi connectivity index (χ0v) is 11.4. The van der Waals surface area contributed by atoms with E-state index in [1.165, 1.54) is 28.8 Å². The van der Waals surface area contributed by atoms with Crippen LogP contribution in [0, 0.1) is 5.82 Å². The second-order valence-corrected chi connectivity index (χ2v) is 5.15. The predicted molar refractivity (Wildman–Crippen MR) is 81.9 cm³/mol. The molecule has 0 aliphatic carbocycles. The molecule has 1 fully saturated rings. The molecule has 1 aliphatic rings. The van der Waals surface area contributed by atoms with Gasteiger partial charge in [0.25, 0.3) is 0 Å². The summed E-state index contributed by atoms with van der Waals surface area (Å²) >= 11 is 0. The van der Waals surface area contributed by atoms with Gasteiger partial charge in [-0.2, -0.15) is 0 Å². The molecule has 0 atom stereocenters. The lowest BCUT2D eigenvalue weighted by Gasteiger charge is -2.16. The molecular weight excluding hydrogens is 249 g/mol. The quantitative estimate of drug-likeness (QED) is 0.857. The van der Waals surface area contributed by atoms with E-state index in [2.05, 4.69) is 29.6 Å². The Morgan fingerprint density at radius 2 is 1.60 bits per heavy atom. The first kappa shape index (κ1) is 13.1. The van der Waals surface area contributed by atoms with E-state index in [-0.39, 0.29) is 5.82 Å². The molecule has 0 bridgehead atoms. The van der Waals surface area contributed by atoms with Crippen LogP contribution >= 0.6 is 0 Å². The first-order valence-electron chi connectivity index (χ1n) is 7.08. The van der Waals surface area contributed by atoms with Gasteiger partial charge in [-0.25, -0.2) is 4.39 Å². The van der Waals surface area contributed by atoms with Crippen molar-refractivity contribution in [1.29, 1.82) is 0 Å². The predicted octanol–water partition coefficient (Wildman–Crippen LogP) is 4.26. The molecule has 20 heavy (non-hydrogen) atoms. The smallest absolute Gasteiger partial charge is 0.123 e. The summed E-state index contributed by atoms with van der Waals surface area (Å²) in [4.78, 5) is 0. The van der Waals surface area contributed by atoms with Gasteiger partial charge in [-0.1, -0.05) is 48.0 Å². The van der Waals surface area contributed by atoms with Gasteiger partial charge in [-0.15, -0.1) is 0 Å². The lowest BCUT2D eigenvalue weighted by molar-refractivity contribution is 0.613. The first-order chi connectivity index (χ1) is 9.83. The molecule has 1 saturated heterocycles. The summed E-state index contributed by atoms with van der Waals surface area (Å²) in [6.45, 7) is 2.12. The van der Waals surface area contributed by atoms with Gasteiger partial charge >= 0.3 is 0 Å². The van der Waals surface area contributed by atoms with E-state index in [9.17, 15) is 4.39 Å². The van der Waals surface area contributed by atoms with Gasteiger partial charge in [0.1, 0.15) is 5.82 Å². The van der Waals surface area contributed by atoms with Gasteiger partial charge in [-0.05, 0) is 54.8 Å². The standard InChI is InChI=1S/C18H18FN/c19-17-7-5-15(6-8-17)18-4-2-1-3-16(18)13-14-9-11-20-12-10-14/h1-8,13,20H,9-12H2. The van der Waals surface area contributed by atoms with Crippen LogP contribution in [-0.4, -0.2) is 13.1 Å². The van der Waals surface area contributed by atoms with Crippen molar-refractivity contribution in [1.82, 2.24) is 5.32 Å². The summed E-state index contributed by atoms with van der Waals surface area (Å²) in [5.41, 5.74) is 4.93. The molecule has 1 N–H and O–H groups in total. The van der Waals surface area contributed by atoms with Crippen LogP contribution in [0.25, 0.3) is 17.2 Å². The van der Waals surface area contributed by atoms with Gasteiger partial charge in [-0.3, -0.25) is 0 Å². The van der Waals surface area contributed by atoms with Crippen LogP contribution in [0.3, 0.4) is 0 Å². The lowest BCUT2D eigenvalue weighted by Crippen LogP contribution is -2.22. The van der Waals surface area contributed by atoms with Gasteiger partial charge in [0.2, 0.25) is 0 Å². The molecule has 2 heteroatoms. The fourth-order valence-corrected chi connectivity index (χ4v) is 2.63. The van der Waals surface area contributed by atoms with E-state index in [1.807, 2.05) is 18.2 Å². The maximum absolute atomic E-state index is 13.1. The molecule has 0 saturated carbocycles. The molecule has 2 aromatic rings. The third-order valence-electron chi connectivity index (χ3n) is 3.72. The third kappa shape index (κ3) is 2.97. The number of hydrogen-bond acceptors (Lipinski definition) is 1. The zero-order chi connectivity index (χ0) is 13.8. The molecule has 0 radical (unpaired) electrons. The average molecular weight is 267 g/mol. The molecule has 1 heterocycles. The first-order valence-corrected chi connectivity index (χ1v) is 7.08. The number of hydrogen-bond donors (Lipinski definition) is 1. The zero-order valence-electron chi connectivity index (χ0n) is 11.4. The van der Waals surface area contributed by atoms with Crippen molar-refractivity contribution in [3.63, 3.8) is 0 Å². The van der Waals surface area contributed by atoms with Crippen LogP contribution in [0.4, 0.5) is 4.39 Å². The largest absolute Gasteiger partial charge is 0.316 e. The van der Waals surface area contributed by atoms with Crippen LogP contribution in [-0.2, 0) is 0 Å². The molecule has 0 amide bonds. The highest BCUT2D eigenvalue weighted by Crippen LogP contribution is 2.27. The van der Waals surface area contributed by atoms with Gasteiger partial charge in [0.15, 0.2) is 0 Å². The van der Waals surface area contributed by atoms with Crippen LogP contribution in [0.1, 0.15) is 18.4 Å². The normalized spacial score (nSPS) is 15.2. The maximum atomic E-state index is 13.1. The summed E-state index contributed by atoms with van der Waals surface area (Å²) in [5.74, 6) is -0.192. The van der Waals surface area contributed by atoms with Crippen molar-refractivity contribution in [2.24, 2.45) is 0 Å². The van der Waals surface area contributed by atoms with Crippen molar-refractivity contribution in [3.8, 4) is 11.1 Å². The van der Waals surface area contributed by atoms with Crippen molar-refractivity contribution in [2.75, 3.05) is 13.1 Å². The summed E-state index contributed by atoms with van der Waals surface area (Å²) in [6, 6.07) is 15.0. The number of benzene rings is 2. The number of rotatable bonds is 2. The molecule has 1 nitrogen and oxygen atoms in total. The Hall–Kier alpha value is -1.93. The number of nitrogens with one attached hydrogen (secondary N) is 1. The second kappa shape index (κ2) is 6.02. The number of halogens is 1. The minimum Gasteiger partial charge on any atom is -0.316 e. The van der Waals surface area contributed by atoms with E-state index >= 15 is 0 Å². The highest BCUT2D eigenvalue weighted by molar-refractivity contribution is 5.76. The molecule has 3 rings (SSSR count). The van der Waals surface area contributed by atoms with Gasteiger partial charge < -0.3 is 5.32 Å². The second-order valence-electron chi connectivity index (χ2n) is 5.15. The topological polar surface area (TPSA) is 12.0 Å². The Balaban J connectivity index is 1.97. The molecule has 0 aromatic heterocycles. The summed E-state index contributed by atoms with van der Waals surface area (Å²) in [6.07, 6.45) is 4.51. The van der Waals surface area contributed by atoms with Crippen LogP contribution in [0.2, 0.25) is 0 Å². The summed E-state index contributed by atoms with van der Waals surface area (Å²) in [7, 11) is 0. The molecule has 2 aromatic carbocycles. The number of piperidine rings is 1.